The van der Waals surface area contributed by atoms with Gasteiger partial charge in [-0.25, -0.2) is 0 Å². The highest BCUT2D eigenvalue weighted by molar-refractivity contribution is 5.79. The van der Waals surface area contributed by atoms with Gasteiger partial charge < -0.3 is 15.5 Å². The van der Waals surface area contributed by atoms with E-state index in [9.17, 15) is 24.8 Å². The minimum Gasteiger partial charge on any atom is -0.481 e. The van der Waals surface area contributed by atoms with Gasteiger partial charge in [0.05, 0.1) is 12.0 Å². The van der Waals surface area contributed by atoms with Crippen molar-refractivity contribution in [1.29, 1.82) is 0 Å². The number of unbranched alkanes of at least 4 members (excludes halogenated alkanes) is 4. The molecule has 0 heterocycles. The van der Waals surface area contributed by atoms with Gasteiger partial charge in [-0.05, 0) is 19.3 Å². The Hall–Kier alpha value is -1.70. The summed E-state index contributed by atoms with van der Waals surface area (Å²) in [7, 11) is 0. The molecule has 0 aliphatic heterocycles. The van der Waals surface area contributed by atoms with Crippen LogP contribution in [0.3, 0.4) is 0 Å². The fraction of sp³-hybridized carbons (Fsp3) is 0.867. The van der Waals surface area contributed by atoms with Crippen LogP contribution in [0, 0.1) is 16.0 Å². The molecule has 0 aromatic carbocycles. The molecule has 1 fully saturated rings. The van der Waals surface area contributed by atoms with Crippen LogP contribution >= 0.6 is 0 Å². The number of nitrogens with one attached hydrogen (secondary N) is 1. The van der Waals surface area contributed by atoms with Crippen molar-refractivity contribution < 1.29 is 24.7 Å². The molecule has 8 heteroatoms. The molecule has 132 valence electrons. The molecule has 0 aromatic rings. The van der Waals surface area contributed by atoms with Gasteiger partial charge in [0.2, 0.25) is 11.9 Å². The van der Waals surface area contributed by atoms with Gasteiger partial charge in [0.25, 0.3) is 0 Å². The molecule has 0 radical (unpaired) electrons. The molecule has 1 aliphatic carbocycles. The smallest absolute Gasteiger partial charge is 0.303 e. The monoisotopic (exact) mass is 330 g/mol. The number of nitro groups is 1. The van der Waals surface area contributed by atoms with E-state index in [1.54, 1.807) is 0 Å². The summed E-state index contributed by atoms with van der Waals surface area (Å²) in [6.07, 6.45) is 4.14. The van der Waals surface area contributed by atoms with Crippen molar-refractivity contribution in [2.45, 2.75) is 69.9 Å². The summed E-state index contributed by atoms with van der Waals surface area (Å²) in [4.78, 5) is 32.6. The molecule has 0 bridgehead atoms. The van der Waals surface area contributed by atoms with E-state index in [-0.39, 0.29) is 23.7 Å². The van der Waals surface area contributed by atoms with E-state index in [0.29, 0.717) is 25.8 Å². The van der Waals surface area contributed by atoms with Crippen molar-refractivity contribution in [2.75, 3.05) is 6.54 Å². The van der Waals surface area contributed by atoms with Crippen LogP contribution in [0.25, 0.3) is 0 Å². The van der Waals surface area contributed by atoms with Crippen LogP contribution in [0.15, 0.2) is 0 Å². The Kier molecular flexibility index (Phi) is 8.53. The molecule has 3 unspecified atom stereocenters. The van der Waals surface area contributed by atoms with Crippen LogP contribution in [0.5, 0.6) is 0 Å². The number of carboxylic acid groups (broad SMARTS) is 1. The molecule has 23 heavy (non-hydrogen) atoms. The summed E-state index contributed by atoms with van der Waals surface area (Å²) in [5.41, 5.74) is 0. The Bertz CT molecular complexity index is 415. The highest BCUT2D eigenvalue weighted by Gasteiger charge is 2.38. The first-order valence-corrected chi connectivity index (χ1v) is 8.23. The van der Waals surface area contributed by atoms with Crippen LogP contribution in [0.1, 0.15) is 57.8 Å². The fourth-order valence-electron chi connectivity index (χ4n) is 2.90. The summed E-state index contributed by atoms with van der Waals surface area (Å²) < 4.78 is 0. The molecule has 0 aromatic heterocycles. The van der Waals surface area contributed by atoms with Crippen LogP contribution in [0.2, 0.25) is 0 Å². The maximum atomic E-state index is 12.0. The Morgan fingerprint density at radius 3 is 2.39 bits per heavy atom. The molecule has 1 amide bonds. The zero-order valence-electron chi connectivity index (χ0n) is 13.3. The van der Waals surface area contributed by atoms with Crippen LogP contribution in [-0.4, -0.2) is 45.7 Å². The maximum absolute atomic E-state index is 12.0. The zero-order chi connectivity index (χ0) is 17.2. The van der Waals surface area contributed by atoms with Gasteiger partial charge >= 0.3 is 5.97 Å². The highest BCUT2D eigenvalue weighted by Crippen LogP contribution is 2.26. The quantitative estimate of drug-likeness (QED) is 0.315. The van der Waals surface area contributed by atoms with Crippen molar-refractivity contribution in [3.05, 3.63) is 10.1 Å². The van der Waals surface area contributed by atoms with Crippen LogP contribution < -0.4 is 5.32 Å². The van der Waals surface area contributed by atoms with Gasteiger partial charge in [0, 0.05) is 30.7 Å². The third-order valence-corrected chi connectivity index (χ3v) is 4.29. The van der Waals surface area contributed by atoms with Crippen molar-refractivity contribution >= 4 is 11.9 Å². The lowest BCUT2D eigenvalue weighted by molar-refractivity contribution is -0.529. The summed E-state index contributed by atoms with van der Waals surface area (Å²) in [5, 5.41) is 31.9. The first-order chi connectivity index (χ1) is 10.9. The first-order valence-electron chi connectivity index (χ1n) is 8.23. The largest absolute Gasteiger partial charge is 0.481 e. The molecule has 3 N–H and O–H groups in total. The van der Waals surface area contributed by atoms with Gasteiger partial charge in [-0.15, -0.1) is 0 Å². The van der Waals surface area contributed by atoms with Gasteiger partial charge in [-0.2, -0.15) is 0 Å². The Morgan fingerprint density at radius 1 is 1.13 bits per heavy atom. The van der Waals surface area contributed by atoms with E-state index in [1.165, 1.54) is 0 Å². The summed E-state index contributed by atoms with van der Waals surface area (Å²) in [6, 6.07) is -0.750. The molecule has 1 aliphatic rings. The minimum atomic E-state index is -0.949. The third-order valence-electron chi connectivity index (χ3n) is 4.29. The molecular weight excluding hydrogens is 304 g/mol. The Morgan fingerprint density at radius 2 is 1.78 bits per heavy atom. The van der Waals surface area contributed by atoms with Crippen molar-refractivity contribution in [3.63, 3.8) is 0 Å². The summed E-state index contributed by atoms with van der Waals surface area (Å²) in [6.45, 7) is 0.514. The number of rotatable bonds is 10. The number of hydrogen-bond donors (Lipinski definition) is 3. The van der Waals surface area contributed by atoms with Gasteiger partial charge in [-0.3, -0.25) is 19.7 Å². The lowest BCUT2D eigenvalue weighted by Gasteiger charge is -2.28. The number of aliphatic hydroxyl groups is 1. The molecule has 3 atom stereocenters. The van der Waals surface area contributed by atoms with E-state index in [1.807, 2.05) is 0 Å². The van der Waals surface area contributed by atoms with Crippen molar-refractivity contribution in [2.24, 2.45) is 5.92 Å². The topological polar surface area (TPSA) is 130 Å². The molecule has 1 rings (SSSR count). The number of aliphatic carboxylic acids is 1. The predicted molar refractivity (Wildman–Crippen MR) is 82.5 cm³/mol. The number of carboxylic acids is 1. The fourth-order valence-corrected chi connectivity index (χ4v) is 2.90. The Balaban J connectivity index is 2.10. The van der Waals surface area contributed by atoms with Gasteiger partial charge in [0.1, 0.15) is 0 Å². The van der Waals surface area contributed by atoms with Crippen LogP contribution in [0.4, 0.5) is 0 Å². The molecular formula is C15H26N2O6. The number of carbonyl (C=O) groups excluding carboxylic acids is 1. The minimum absolute atomic E-state index is 0.0364. The number of carbonyl (C=O) groups is 2. The van der Waals surface area contributed by atoms with E-state index in [2.05, 4.69) is 5.32 Å². The number of amides is 1. The predicted octanol–water partition coefficient (Wildman–Crippen LogP) is 1.33. The summed E-state index contributed by atoms with van der Waals surface area (Å²) in [5.74, 6) is -1.56. The first kappa shape index (κ1) is 19.3. The number of aliphatic hydroxyl groups excluding tert-OH is 1. The molecule has 0 spiro atoms. The third kappa shape index (κ3) is 7.40. The summed E-state index contributed by atoms with van der Waals surface area (Å²) >= 11 is 0. The normalized spacial score (nSPS) is 24.1. The second-order valence-corrected chi connectivity index (χ2v) is 6.13. The number of nitrogens with zero attached hydrogens (tertiary/aromatic N) is 1. The second kappa shape index (κ2) is 10.1. The standard InChI is InChI=1S/C15H26N2O6/c18-13-10-11(17(22)23)7-8-12(13)15(21)16-9-5-3-1-2-4-6-14(19)20/h11-13,18H,1-10H2,(H,16,21)(H,19,20). The molecule has 1 saturated carbocycles. The average molecular weight is 330 g/mol. The molecule has 8 nitrogen and oxygen atoms in total. The number of hydrogen-bond acceptors (Lipinski definition) is 5. The lowest BCUT2D eigenvalue weighted by Crippen LogP contribution is -2.44. The SMILES string of the molecule is O=C(O)CCCCCCCNC(=O)C1CCC([N+](=O)[O-])CC1O. The highest BCUT2D eigenvalue weighted by atomic mass is 16.6. The molecule has 0 saturated heterocycles. The maximum Gasteiger partial charge on any atom is 0.303 e. The van der Waals surface area contributed by atoms with Crippen molar-refractivity contribution in [3.8, 4) is 0 Å². The van der Waals surface area contributed by atoms with E-state index >= 15 is 0 Å². The van der Waals surface area contributed by atoms with E-state index in [4.69, 9.17) is 5.11 Å². The zero-order valence-corrected chi connectivity index (χ0v) is 13.3. The van der Waals surface area contributed by atoms with E-state index in [0.717, 1.165) is 25.7 Å². The van der Waals surface area contributed by atoms with Crippen LogP contribution in [-0.2, 0) is 9.59 Å². The second-order valence-electron chi connectivity index (χ2n) is 6.13. The van der Waals surface area contributed by atoms with E-state index < -0.39 is 24.0 Å². The average Bonchev–Trinajstić information content (AvgIpc) is 2.49. The van der Waals surface area contributed by atoms with Gasteiger partial charge in [-0.1, -0.05) is 19.3 Å². The lowest BCUT2D eigenvalue weighted by atomic mass is 9.83. The van der Waals surface area contributed by atoms with Crippen molar-refractivity contribution in [1.82, 2.24) is 5.32 Å². The Labute approximate surface area is 135 Å². The van der Waals surface area contributed by atoms with Gasteiger partial charge in [0.15, 0.2) is 0 Å².